The van der Waals surface area contributed by atoms with E-state index in [0.717, 1.165) is 50.3 Å². The zero-order valence-corrected chi connectivity index (χ0v) is 12.9. The Morgan fingerprint density at radius 1 is 1.33 bits per heavy atom. The molecule has 0 amide bonds. The van der Waals surface area contributed by atoms with E-state index < -0.39 is 6.10 Å². The molecule has 1 N–H and O–H groups in total. The minimum Gasteiger partial charge on any atom is -0.497 e. The molecule has 0 aromatic heterocycles. The Kier molecular flexibility index (Phi) is 4.48. The summed E-state index contributed by atoms with van der Waals surface area (Å²) in [5.74, 6) is 1.51. The molecule has 2 aliphatic rings. The molecule has 4 heteroatoms. The lowest BCUT2D eigenvalue weighted by Gasteiger charge is -2.32. The average Bonchev–Trinajstić information content (AvgIpc) is 2.85. The Morgan fingerprint density at radius 3 is 2.81 bits per heavy atom. The molecule has 0 saturated carbocycles. The number of nitrogens with zero attached hydrogens (tertiary/aromatic N) is 1. The molecule has 4 nitrogen and oxygen atoms in total. The van der Waals surface area contributed by atoms with Gasteiger partial charge >= 0.3 is 0 Å². The second-order valence-electron chi connectivity index (χ2n) is 6.28. The standard InChI is InChI=1S/C17H25NO3/c1-18(11-12-5-7-21-8-6-12)16-9-13-3-4-14(20-2)10-15(13)17(16)19/h3-4,10,12,16-17,19H,5-9,11H2,1-2H3. The predicted octanol–water partition coefficient (Wildman–Crippen LogP) is 2.01. The van der Waals surface area contributed by atoms with Gasteiger partial charge in [0, 0.05) is 25.8 Å². The summed E-state index contributed by atoms with van der Waals surface area (Å²) >= 11 is 0. The highest BCUT2D eigenvalue weighted by atomic mass is 16.5. The molecule has 0 bridgehead atoms. The van der Waals surface area contributed by atoms with Gasteiger partial charge in [-0.25, -0.2) is 0 Å². The molecule has 1 saturated heterocycles. The summed E-state index contributed by atoms with van der Waals surface area (Å²) in [5.41, 5.74) is 2.27. The van der Waals surface area contributed by atoms with Crippen LogP contribution in [0.3, 0.4) is 0 Å². The molecule has 2 atom stereocenters. The SMILES string of the molecule is COc1ccc2c(c1)C(O)C(N(C)CC1CCOCC1)C2. The number of rotatable bonds is 4. The van der Waals surface area contributed by atoms with Gasteiger partial charge in [-0.1, -0.05) is 6.07 Å². The Morgan fingerprint density at radius 2 is 2.10 bits per heavy atom. The number of aliphatic hydroxyl groups is 1. The summed E-state index contributed by atoms with van der Waals surface area (Å²) in [7, 11) is 3.80. The van der Waals surface area contributed by atoms with Crippen molar-refractivity contribution in [2.45, 2.75) is 31.4 Å². The van der Waals surface area contributed by atoms with Crippen molar-refractivity contribution in [3.05, 3.63) is 29.3 Å². The second-order valence-corrected chi connectivity index (χ2v) is 6.28. The van der Waals surface area contributed by atoms with Crippen LogP contribution in [0.25, 0.3) is 0 Å². The van der Waals surface area contributed by atoms with Gasteiger partial charge in [0.05, 0.1) is 13.2 Å². The molecule has 1 aromatic carbocycles. The summed E-state index contributed by atoms with van der Waals surface area (Å²) in [5, 5.41) is 10.6. The first kappa shape index (κ1) is 14.8. The highest BCUT2D eigenvalue weighted by Crippen LogP contribution is 2.36. The fraction of sp³-hybridized carbons (Fsp3) is 0.647. The predicted molar refractivity (Wildman–Crippen MR) is 81.6 cm³/mol. The summed E-state index contributed by atoms with van der Waals surface area (Å²) in [4.78, 5) is 2.33. The normalized spacial score (nSPS) is 26.1. The van der Waals surface area contributed by atoms with Crippen molar-refractivity contribution in [2.75, 3.05) is 33.9 Å². The molecule has 3 rings (SSSR count). The maximum absolute atomic E-state index is 10.6. The van der Waals surface area contributed by atoms with Crippen molar-refractivity contribution in [3.8, 4) is 5.75 Å². The molecule has 1 fully saturated rings. The van der Waals surface area contributed by atoms with Gasteiger partial charge < -0.3 is 14.6 Å². The Bertz CT molecular complexity index is 485. The number of hydrogen-bond donors (Lipinski definition) is 1. The van der Waals surface area contributed by atoms with E-state index in [1.54, 1.807) is 7.11 Å². The average molecular weight is 291 g/mol. The summed E-state index contributed by atoms with van der Waals surface area (Å²) in [6.07, 6.45) is 2.77. The minimum absolute atomic E-state index is 0.176. The Labute approximate surface area is 126 Å². The van der Waals surface area contributed by atoms with E-state index in [1.165, 1.54) is 5.56 Å². The van der Waals surface area contributed by atoms with Gasteiger partial charge in [0.25, 0.3) is 0 Å². The van der Waals surface area contributed by atoms with Crippen LogP contribution in [0.1, 0.15) is 30.1 Å². The van der Waals surface area contributed by atoms with E-state index in [2.05, 4.69) is 18.0 Å². The molecular formula is C17H25NO3. The third kappa shape index (κ3) is 3.07. The smallest absolute Gasteiger partial charge is 0.119 e. The number of likely N-dealkylation sites (N-methyl/N-ethyl adjacent to an activating group) is 1. The summed E-state index contributed by atoms with van der Waals surface area (Å²) in [6, 6.07) is 6.21. The molecule has 0 spiro atoms. The van der Waals surface area contributed by atoms with Crippen LogP contribution in [0, 0.1) is 5.92 Å². The number of methoxy groups -OCH3 is 1. The molecule has 1 heterocycles. The molecule has 1 aliphatic heterocycles. The number of hydrogen-bond acceptors (Lipinski definition) is 4. The number of benzene rings is 1. The van der Waals surface area contributed by atoms with E-state index in [1.807, 2.05) is 12.1 Å². The molecule has 1 aliphatic carbocycles. The van der Waals surface area contributed by atoms with Crippen LogP contribution < -0.4 is 4.74 Å². The topological polar surface area (TPSA) is 41.9 Å². The molecule has 2 unspecified atom stereocenters. The van der Waals surface area contributed by atoms with E-state index in [0.29, 0.717) is 5.92 Å². The largest absolute Gasteiger partial charge is 0.497 e. The third-order valence-electron chi connectivity index (χ3n) is 4.92. The molecule has 1 aromatic rings. The fourth-order valence-corrected chi connectivity index (χ4v) is 3.57. The van der Waals surface area contributed by atoms with E-state index >= 15 is 0 Å². The van der Waals surface area contributed by atoms with Crippen molar-refractivity contribution in [2.24, 2.45) is 5.92 Å². The molecular weight excluding hydrogens is 266 g/mol. The quantitative estimate of drug-likeness (QED) is 0.921. The van der Waals surface area contributed by atoms with Crippen molar-refractivity contribution in [1.29, 1.82) is 0 Å². The lowest BCUT2D eigenvalue weighted by Crippen LogP contribution is -2.39. The van der Waals surface area contributed by atoms with Crippen LogP contribution in [-0.2, 0) is 11.2 Å². The van der Waals surface area contributed by atoms with Gasteiger partial charge in [0.2, 0.25) is 0 Å². The van der Waals surface area contributed by atoms with Crippen molar-refractivity contribution in [1.82, 2.24) is 4.90 Å². The molecule has 0 radical (unpaired) electrons. The van der Waals surface area contributed by atoms with Crippen LogP contribution in [0.2, 0.25) is 0 Å². The Balaban J connectivity index is 1.67. The van der Waals surface area contributed by atoms with E-state index in [-0.39, 0.29) is 6.04 Å². The first-order chi connectivity index (χ1) is 10.2. The minimum atomic E-state index is -0.417. The van der Waals surface area contributed by atoms with Crippen molar-refractivity contribution in [3.63, 3.8) is 0 Å². The van der Waals surface area contributed by atoms with Crippen LogP contribution in [-0.4, -0.2) is 50.0 Å². The first-order valence-electron chi connectivity index (χ1n) is 7.82. The lowest BCUT2D eigenvalue weighted by atomic mass is 9.98. The number of aliphatic hydroxyl groups excluding tert-OH is 1. The highest BCUT2D eigenvalue weighted by molar-refractivity contribution is 5.41. The third-order valence-corrected chi connectivity index (χ3v) is 4.92. The van der Waals surface area contributed by atoms with Crippen LogP contribution in [0.5, 0.6) is 5.75 Å². The maximum Gasteiger partial charge on any atom is 0.119 e. The summed E-state index contributed by atoms with van der Waals surface area (Å²) < 4.78 is 10.7. The van der Waals surface area contributed by atoms with Crippen molar-refractivity contribution < 1.29 is 14.6 Å². The number of fused-ring (bicyclic) bond motifs is 1. The van der Waals surface area contributed by atoms with Crippen LogP contribution in [0.4, 0.5) is 0 Å². The first-order valence-corrected chi connectivity index (χ1v) is 7.82. The van der Waals surface area contributed by atoms with Crippen molar-refractivity contribution >= 4 is 0 Å². The molecule has 21 heavy (non-hydrogen) atoms. The van der Waals surface area contributed by atoms with E-state index in [9.17, 15) is 5.11 Å². The Hall–Kier alpha value is -1.10. The van der Waals surface area contributed by atoms with Gasteiger partial charge in [-0.05, 0) is 55.5 Å². The van der Waals surface area contributed by atoms with Gasteiger partial charge in [0.1, 0.15) is 5.75 Å². The zero-order chi connectivity index (χ0) is 14.8. The highest BCUT2D eigenvalue weighted by Gasteiger charge is 2.34. The maximum atomic E-state index is 10.6. The number of ether oxygens (including phenoxy) is 2. The van der Waals surface area contributed by atoms with Crippen LogP contribution >= 0.6 is 0 Å². The monoisotopic (exact) mass is 291 g/mol. The zero-order valence-electron chi connectivity index (χ0n) is 12.9. The molecule has 116 valence electrons. The van der Waals surface area contributed by atoms with Gasteiger partial charge in [-0.2, -0.15) is 0 Å². The van der Waals surface area contributed by atoms with Gasteiger partial charge in [0.15, 0.2) is 0 Å². The van der Waals surface area contributed by atoms with Gasteiger partial charge in [-0.15, -0.1) is 0 Å². The summed E-state index contributed by atoms with van der Waals surface area (Å²) in [6.45, 7) is 2.79. The lowest BCUT2D eigenvalue weighted by molar-refractivity contribution is 0.0300. The van der Waals surface area contributed by atoms with E-state index in [4.69, 9.17) is 9.47 Å². The fourth-order valence-electron chi connectivity index (χ4n) is 3.57. The van der Waals surface area contributed by atoms with Crippen LogP contribution in [0.15, 0.2) is 18.2 Å². The second kappa shape index (κ2) is 6.34. The van der Waals surface area contributed by atoms with Gasteiger partial charge in [-0.3, -0.25) is 4.90 Å².